The quantitative estimate of drug-likeness (QED) is 0.689. The van der Waals surface area contributed by atoms with Crippen LogP contribution in [0, 0.1) is 0 Å². The molecule has 2 heteroatoms. The van der Waals surface area contributed by atoms with E-state index in [1.54, 1.807) is 6.07 Å². The first-order chi connectivity index (χ1) is 5.88. The third-order valence-electron chi connectivity index (χ3n) is 2.21. The number of hydrogen-bond acceptors (Lipinski definition) is 2. The summed E-state index contributed by atoms with van der Waals surface area (Å²) in [5, 5.41) is 9.49. The van der Waals surface area contributed by atoms with E-state index in [-0.39, 0.29) is 6.10 Å². The number of rotatable bonds is 1. The fourth-order valence-electron chi connectivity index (χ4n) is 1.58. The summed E-state index contributed by atoms with van der Waals surface area (Å²) in [4.78, 5) is 0. The number of phenolic OH excluding ortho intramolecular Hbond substituents is 1. The Labute approximate surface area is 71.8 Å². The van der Waals surface area contributed by atoms with Gasteiger partial charge in [-0.1, -0.05) is 18.2 Å². The zero-order valence-corrected chi connectivity index (χ0v) is 6.86. The van der Waals surface area contributed by atoms with Crippen molar-refractivity contribution in [1.82, 2.24) is 0 Å². The van der Waals surface area contributed by atoms with Crippen LogP contribution in [0.5, 0.6) is 5.75 Å². The minimum atomic E-state index is 0.117. The largest absolute Gasteiger partial charge is 0.508 e. The Morgan fingerprint density at radius 1 is 1.33 bits per heavy atom. The summed E-state index contributed by atoms with van der Waals surface area (Å²) < 4.78 is 5.46. The lowest BCUT2D eigenvalue weighted by Crippen LogP contribution is -1.95. The number of aromatic hydroxyl groups is 1. The molecule has 64 valence electrons. The molecule has 1 heterocycles. The summed E-state index contributed by atoms with van der Waals surface area (Å²) in [6, 6.07) is 7.38. The molecule has 1 N–H and O–H groups in total. The molecular formula is C10H12O2. The molecule has 1 saturated heterocycles. The number of benzene rings is 1. The number of phenols is 1. The van der Waals surface area contributed by atoms with Gasteiger partial charge < -0.3 is 9.84 Å². The van der Waals surface area contributed by atoms with Crippen LogP contribution in [0.25, 0.3) is 0 Å². The maximum atomic E-state index is 9.49. The van der Waals surface area contributed by atoms with Gasteiger partial charge in [-0.15, -0.1) is 0 Å². The highest BCUT2D eigenvalue weighted by Gasteiger charge is 2.19. The smallest absolute Gasteiger partial charge is 0.121 e. The van der Waals surface area contributed by atoms with Crippen molar-refractivity contribution in [3.63, 3.8) is 0 Å². The molecule has 0 amide bonds. The Morgan fingerprint density at radius 2 is 2.17 bits per heavy atom. The van der Waals surface area contributed by atoms with Crippen molar-refractivity contribution >= 4 is 0 Å². The van der Waals surface area contributed by atoms with Crippen LogP contribution in [-0.4, -0.2) is 11.7 Å². The molecule has 1 aromatic rings. The first-order valence-corrected chi connectivity index (χ1v) is 4.27. The van der Waals surface area contributed by atoms with Gasteiger partial charge in [-0.3, -0.25) is 0 Å². The van der Waals surface area contributed by atoms with Gasteiger partial charge >= 0.3 is 0 Å². The van der Waals surface area contributed by atoms with Crippen LogP contribution in [0.3, 0.4) is 0 Å². The van der Waals surface area contributed by atoms with E-state index >= 15 is 0 Å². The van der Waals surface area contributed by atoms with Crippen LogP contribution in [0.15, 0.2) is 24.3 Å². The highest BCUT2D eigenvalue weighted by atomic mass is 16.5. The normalized spacial score (nSPS) is 22.8. The molecule has 1 aromatic carbocycles. The van der Waals surface area contributed by atoms with Crippen molar-refractivity contribution < 1.29 is 9.84 Å². The predicted molar refractivity (Wildman–Crippen MR) is 46.0 cm³/mol. The second-order valence-electron chi connectivity index (χ2n) is 3.06. The fraction of sp³-hybridized carbons (Fsp3) is 0.400. The average molecular weight is 164 g/mol. The van der Waals surface area contributed by atoms with E-state index in [0.717, 1.165) is 25.0 Å². The van der Waals surface area contributed by atoms with Crippen molar-refractivity contribution in [3.8, 4) is 5.75 Å². The summed E-state index contributed by atoms with van der Waals surface area (Å²) in [5.74, 6) is 0.351. The third-order valence-corrected chi connectivity index (χ3v) is 2.21. The standard InChI is InChI=1S/C10H12O2/c11-9-5-2-1-4-8(9)10-6-3-7-12-10/h1-2,4-5,10-11H,3,6-7H2. The van der Waals surface area contributed by atoms with Crippen molar-refractivity contribution in [1.29, 1.82) is 0 Å². The van der Waals surface area contributed by atoms with Crippen molar-refractivity contribution in [2.45, 2.75) is 18.9 Å². The van der Waals surface area contributed by atoms with Crippen LogP contribution in [0.1, 0.15) is 24.5 Å². The predicted octanol–water partition coefficient (Wildman–Crippen LogP) is 2.24. The van der Waals surface area contributed by atoms with Crippen LogP contribution in [0.4, 0.5) is 0 Å². The van der Waals surface area contributed by atoms with Crippen LogP contribution < -0.4 is 0 Å². The monoisotopic (exact) mass is 164 g/mol. The molecule has 0 saturated carbocycles. The third kappa shape index (κ3) is 1.30. The van der Waals surface area contributed by atoms with E-state index in [0.29, 0.717) is 5.75 Å². The highest BCUT2D eigenvalue weighted by Crippen LogP contribution is 2.33. The molecule has 0 aromatic heterocycles. The minimum absolute atomic E-state index is 0.117. The van der Waals surface area contributed by atoms with Gasteiger partial charge in [0.05, 0.1) is 6.10 Å². The molecule has 0 bridgehead atoms. The van der Waals surface area contributed by atoms with Crippen LogP contribution in [-0.2, 0) is 4.74 Å². The van der Waals surface area contributed by atoms with E-state index in [1.165, 1.54) is 0 Å². The first-order valence-electron chi connectivity index (χ1n) is 4.27. The molecule has 1 aliphatic heterocycles. The van der Waals surface area contributed by atoms with Crippen molar-refractivity contribution in [2.24, 2.45) is 0 Å². The fourth-order valence-corrected chi connectivity index (χ4v) is 1.58. The molecule has 1 aliphatic rings. The van der Waals surface area contributed by atoms with E-state index in [2.05, 4.69) is 0 Å². The Kier molecular flexibility index (Phi) is 2.00. The highest BCUT2D eigenvalue weighted by molar-refractivity contribution is 5.33. The van der Waals surface area contributed by atoms with E-state index < -0.39 is 0 Å². The number of ether oxygens (including phenoxy) is 1. The van der Waals surface area contributed by atoms with Gasteiger partial charge in [0.15, 0.2) is 0 Å². The molecule has 12 heavy (non-hydrogen) atoms. The number of para-hydroxylation sites is 1. The van der Waals surface area contributed by atoms with E-state index in [4.69, 9.17) is 4.74 Å². The molecule has 2 rings (SSSR count). The zero-order chi connectivity index (χ0) is 8.39. The van der Waals surface area contributed by atoms with Gasteiger partial charge in [0.2, 0.25) is 0 Å². The summed E-state index contributed by atoms with van der Waals surface area (Å²) >= 11 is 0. The van der Waals surface area contributed by atoms with Gasteiger partial charge in [-0.25, -0.2) is 0 Å². The lowest BCUT2D eigenvalue weighted by Gasteiger charge is -2.10. The maximum absolute atomic E-state index is 9.49. The second-order valence-corrected chi connectivity index (χ2v) is 3.06. The molecule has 0 radical (unpaired) electrons. The van der Waals surface area contributed by atoms with Crippen LogP contribution >= 0.6 is 0 Å². The Hall–Kier alpha value is -1.02. The van der Waals surface area contributed by atoms with Crippen LogP contribution in [0.2, 0.25) is 0 Å². The summed E-state index contributed by atoms with van der Waals surface area (Å²) in [5.41, 5.74) is 0.926. The average Bonchev–Trinajstić information content (AvgIpc) is 2.57. The lowest BCUT2D eigenvalue weighted by atomic mass is 10.1. The number of hydrogen-bond donors (Lipinski definition) is 1. The maximum Gasteiger partial charge on any atom is 0.121 e. The Balaban J connectivity index is 2.26. The van der Waals surface area contributed by atoms with Gasteiger partial charge in [0.25, 0.3) is 0 Å². The zero-order valence-electron chi connectivity index (χ0n) is 6.86. The molecule has 2 nitrogen and oxygen atoms in total. The van der Waals surface area contributed by atoms with Gasteiger partial charge in [0, 0.05) is 12.2 Å². The molecule has 1 atom stereocenters. The second kappa shape index (κ2) is 3.15. The van der Waals surface area contributed by atoms with E-state index in [9.17, 15) is 5.11 Å². The molecule has 0 aliphatic carbocycles. The van der Waals surface area contributed by atoms with E-state index in [1.807, 2.05) is 18.2 Å². The summed E-state index contributed by atoms with van der Waals surface area (Å²) in [6.07, 6.45) is 2.24. The van der Waals surface area contributed by atoms with Crippen molar-refractivity contribution in [2.75, 3.05) is 6.61 Å². The molecule has 0 spiro atoms. The van der Waals surface area contributed by atoms with Gasteiger partial charge in [-0.2, -0.15) is 0 Å². The summed E-state index contributed by atoms with van der Waals surface area (Å²) in [6.45, 7) is 0.818. The van der Waals surface area contributed by atoms with Gasteiger partial charge in [-0.05, 0) is 18.9 Å². The molecule has 1 unspecified atom stereocenters. The first kappa shape index (κ1) is 7.62. The topological polar surface area (TPSA) is 29.5 Å². The molecule has 1 fully saturated rings. The summed E-state index contributed by atoms with van der Waals surface area (Å²) in [7, 11) is 0. The SMILES string of the molecule is Oc1ccccc1C1CCCO1. The Bertz CT molecular complexity index is 264. The van der Waals surface area contributed by atoms with Gasteiger partial charge in [0.1, 0.15) is 5.75 Å². The molecular weight excluding hydrogens is 152 g/mol. The van der Waals surface area contributed by atoms with Crippen molar-refractivity contribution in [3.05, 3.63) is 29.8 Å². The lowest BCUT2D eigenvalue weighted by molar-refractivity contribution is 0.110. The minimum Gasteiger partial charge on any atom is -0.508 e. The Morgan fingerprint density at radius 3 is 2.83 bits per heavy atom.